The second-order valence-electron chi connectivity index (χ2n) is 4.74. The van der Waals surface area contributed by atoms with E-state index in [4.69, 9.17) is 5.73 Å². The van der Waals surface area contributed by atoms with Crippen molar-refractivity contribution in [3.05, 3.63) is 29.3 Å². The second-order valence-corrected chi connectivity index (χ2v) is 6.65. The van der Waals surface area contributed by atoms with Crippen LogP contribution in [0.2, 0.25) is 0 Å². The van der Waals surface area contributed by atoms with Crippen molar-refractivity contribution in [2.75, 3.05) is 23.7 Å². The maximum Gasteiger partial charge on any atom is 0.232 e. The summed E-state index contributed by atoms with van der Waals surface area (Å²) in [4.78, 5) is 11.9. The Balaban J connectivity index is 2.25. The van der Waals surface area contributed by atoms with E-state index in [-0.39, 0.29) is 5.78 Å². The zero-order valence-corrected chi connectivity index (χ0v) is 11.7. The van der Waals surface area contributed by atoms with Gasteiger partial charge in [0.1, 0.15) is 0 Å². The molecule has 0 atom stereocenters. The largest absolute Gasteiger partial charge is 0.330 e. The van der Waals surface area contributed by atoms with Crippen LogP contribution >= 0.6 is 0 Å². The van der Waals surface area contributed by atoms with E-state index in [1.807, 2.05) is 0 Å². The van der Waals surface area contributed by atoms with Crippen LogP contribution in [0.1, 0.15) is 28.8 Å². The number of Topliss-reactive ketones (excluding diaryl/α,β-unsaturated/α-hetero) is 1. The van der Waals surface area contributed by atoms with Crippen molar-refractivity contribution >= 4 is 21.5 Å². The average molecular weight is 282 g/mol. The van der Waals surface area contributed by atoms with Gasteiger partial charge in [0.05, 0.1) is 11.9 Å². The van der Waals surface area contributed by atoms with E-state index in [1.165, 1.54) is 10.6 Å². The van der Waals surface area contributed by atoms with E-state index in [1.54, 1.807) is 18.2 Å². The summed E-state index contributed by atoms with van der Waals surface area (Å²) >= 11 is 0. The number of rotatable bonds is 5. The average Bonchev–Trinajstić information content (AvgIpc) is 2.78. The molecule has 5 nitrogen and oxygen atoms in total. The van der Waals surface area contributed by atoms with Crippen molar-refractivity contribution in [3.63, 3.8) is 0 Å². The van der Waals surface area contributed by atoms with E-state index in [0.717, 1.165) is 5.56 Å². The first-order valence-corrected chi connectivity index (χ1v) is 8.12. The molecule has 1 aliphatic heterocycles. The van der Waals surface area contributed by atoms with E-state index < -0.39 is 10.0 Å². The lowest BCUT2D eigenvalue weighted by Gasteiger charge is -2.16. The fourth-order valence-corrected chi connectivity index (χ4v) is 3.25. The van der Waals surface area contributed by atoms with E-state index >= 15 is 0 Å². The summed E-state index contributed by atoms with van der Waals surface area (Å²) in [5.41, 5.74) is 7.64. The third kappa shape index (κ3) is 2.96. The van der Waals surface area contributed by atoms with Gasteiger partial charge in [0.25, 0.3) is 0 Å². The maximum atomic E-state index is 11.9. The number of fused-ring (bicyclic) bond motifs is 1. The molecule has 0 saturated heterocycles. The van der Waals surface area contributed by atoms with Crippen LogP contribution < -0.4 is 10.0 Å². The monoisotopic (exact) mass is 282 g/mol. The summed E-state index contributed by atoms with van der Waals surface area (Å²) < 4.78 is 24.6. The summed E-state index contributed by atoms with van der Waals surface area (Å²) in [5.74, 6) is 0.0612. The number of carbonyl (C=O) groups excluding carboxylic acids is 1. The zero-order valence-electron chi connectivity index (χ0n) is 10.9. The van der Waals surface area contributed by atoms with Crippen molar-refractivity contribution in [1.82, 2.24) is 0 Å². The lowest BCUT2D eigenvalue weighted by atomic mass is 10.0. The minimum Gasteiger partial charge on any atom is -0.330 e. The second kappa shape index (κ2) is 5.30. The fraction of sp³-hybridized carbons (Fsp3) is 0.462. The lowest BCUT2D eigenvalue weighted by molar-refractivity contribution is 0.0980. The van der Waals surface area contributed by atoms with Crippen LogP contribution in [0.4, 0.5) is 5.69 Å². The molecule has 2 rings (SSSR count). The molecule has 0 aromatic heterocycles. The van der Waals surface area contributed by atoms with Gasteiger partial charge in [-0.2, -0.15) is 0 Å². The van der Waals surface area contributed by atoms with Gasteiger partial charge in [-0.1, -0.05) is 0 Å². The van der Waals surface area contributed by atoms with Crippen molar-refractivity contribution in [2.45, 2.75) is 19.3 Å². The number of nitrogens with zero attached hydrogens (tertiary/aromatic N) is 1. The molecule has 0 radical (unpaired) electrons. The molecule has 1 heterocycles. The van der Waals surface area contributed by atoms with Gasteiger partial charge in [0, 0.05) is 18.5 Å². The third-order valence-electron chi connectivity index (χ3n) is 3.26. The predicted octanol–water partition coefficient (Wildman–Crippen LogP) is 0.930. The topological polar surface area (TPSA) is 80.5 Å². The van der Waals surface area contributed by atoms with Crippen molar-refractivity contribution < 1.29 is 13.2 Å². The Kier molecular flexibility index (Phi) is 3.91. The molecule has 0 fully saturated rings. The minimum atomic E-state index is -3.23. The van der Waals surface area contributed by atoms with Crippen LogP contribution in [0.5, 0.6) is 0 Å². The molecule has 1 aromatic rings. The maximum absolute atomic E-state index is 11.9. The molecule has 0 saturated carbocycles. The van der Waals surface area contributed by atoms with Crippen LogP contribution in [0, 0.1) is 0 Å². The van der Waals surface area contributed by atoms with Crippen molar-refractivity contribution in [2.24, 2.45) is 5.73 Å². The Morgan fingerprint density at radius 3 is 2.79 bits per heavy atom. The SMILES string of the molecule is CS(=O)(=O)N1CCc2cc(C(=O)CCCN)ccc21. The number of hydrogen-bond acceptors (Lipinski definition) is 4. The lowest BCUT2D eigenvalue weighted by Crippen LogP contribution is -2.27. The van der Waals surface area contributed by atoms with Crippen LogP contribution in [0.3, 0.4) is 0 Å². The van der Waals surface area contributed by atoms with Crippen molar-refractivity contribution in [3.8, 4) is 0 Å². The third-order valence-corrected chi connectivity index (χ3v) is 4.44. The molecule has 0 unspecified atom stereocenters. The van der Waals surface area contributed by atoms with Crippen LogP contribution in [-0.2, 0) is 16.4 Å². The first kappa shape index (κ1) is 14.0. The van der Waals surface area contributed by atoms with E-state index in [0.29, 0.717) is 43.6 Å². The van der Waals surface area contributed by atoms with Crippen molar-refractivity contribution in [1.29, 1.82) is 0 Å². The van der Waals surface area contributed by atoms with Gasteiger partial charge in [-0.3, -0.25) is 9.10 Å². The standard InChI is InChI=1S/C13H18N2O3S/c1-19(17,18)15-8-6-10-9-11(4-5-12(10)15)13(16)3-2-7-14/h4-5,9H,2-3,6-8,14H2,1H3. The molecule has 19 heavy (non-hydrogen) atoms. The summed E-state index contributed by atoms with van der Waals surface area (Å²) in [6, 6.07) is 5.22. The Labute approximate surface area is 113 Å². The number of ketones is 1. The highest BCUT2D eigenvalue weighted by molar-refractivity contribution is 7.92. The highest BCUT2D eigenvalue weighted by atomic mass is 32.2. The molecule has 0 spiro atoms. The number of nitrogens with two attached hydrogens (primary N) is 1. The van der Waals surface area contributed by atoms with Crippen LogP contribution in [0.25, 0.3) is 0 Å². The Morgan fingerprint density at radius 2 is 2.16 bits per heavy atom. The molecule has 1 aromatic carbocycles. The van der Waals surface area contributed by atoms with Gasteiger partial charge in [0.15, 0.2) is 5.78 Å². The summed E-state index contributed by atoms with van der Waals surface area (Å²) in [5, 5.41) is 0. The minimum absolute atomic E-state index is 0.0612. The first-order valence-electron chi connectivity index (χ1n) is 6.27. The van der Waals surface area contributed by atoms with Gasteiger partial charge in [-0.25, -0.2) is 8.42 Å². The smallest absolute Gasteiger partial charge is 0.232 e. The molecular formula is C13H18N2O3S. The molecule has 1 aliphatic rings. The molecular weight excluding hydrogens is 264 g/mol. The Hall–Kier alpha value is -1.40. The summed E-state index contributed by atoms with van der Waals surface area (Å²) in [7, 11) is -3.23. The number of anilines is 1. The van der Waals surface area contributed by atoms with Gasteiger partial charge in [0.2, 0.25) is 10.0 Å². The van der Waals surface area contributed by atoms with Gasteiger partial charge >= 0.3 is 0 Å². The number of hydrogen-bond donors (Lipinski definition) is 1. The Morgan fingerprint density at radius 1 is 1.42 bits per heavy atom. The molecule has 0 aliphatic carbocycles. The number of carbonyl (C=O) groups is 1. The number of benzene rings is 1. The molecule has 2 N–H and O–H groups in total. The van der Waals surface area contributed by atoms with E-state index in [9.17, 15) is 13.2 Å². The predicted molar refractivity (Wildman–Crippen MR) is 75.0 cm³/mol. The zero-order chi connectivity index (χ0) is 14.0. The van der Waals surface area contributed by atoms with Gasteiger partial charge in [-0.15, -0.1) is 0 Å². The van der Waals surface area contributed by atoms with Gasteiger partial charge in [-0.05, 0) is 43.1 Å². The fourth-order valence-electron chi connectivity index (χ4n) is 2.30. The first-order chi connectivity index (χ1) is 8.93. The van der Waals surface area contributed by atoms with Gasteiger partial charge < -0.3 is 5.73 Å². The molecule has 0 bridgehead atoms. The van der Waals surface area contributed by atoms with Crippen LogP contribution in [-0.4, -0.2) is 33.5 Å². The highest BCUT2D eigenvalue weighted by Crippen LogP contribution is 2.30. The summed E-state index contributed by atoms with van der Waals surface area (Å²) in [6.45, 7) is 0.952. The van der Waals surface area contributed by atoms with Crippen LogP contribution in [0.15, 0.2) is 18.2 Å². The molecule has 6 heteroatoms. The Bertz CT molecular complexity index is 596. The normalized spacial score (nSPS) is 14.5. The summed E-state index contributed by atoms with van der Waals surface area (Å²) in [6.07, 6.45) is 2.96. The number of sulfonamides is 1. The quantitative estimate of drug-likeness (QED) is 0.815. The highest BCUT2D eigenvalue weighted by Gasteiger charge is 2.26. The molecule has 0 amide bonds. The molecule has 104 valence electrons. The van der Waals surface area contributed by atoms with E-state index in [2.05, 4.69) is 0 Å².